The van der Waals surface area contributed by atoms with Crippen LogP contribution < -0.4 is 5.32 Å². The molecule has 96 valence electrons. The van der Waals surface area contributed by atoms with Gasteiger partial charge in [0.15, 0.2) is 0 Å². The van der Waals surface area contributed by atoms with Crippen molar-refractivity contribution in [2.75, 3.05) is 6.54 Å². The monoisotopic (exact) mass is 259 g/mol. The van der Waals surface area contributed by atoms with Crippen LogP contribution in [0.4, 0.5) is 4.39 Å². The fourth-order valence-electron chi connectivity index (χ4n) is 1.65. The van der Waals surface area contributed by atoms with Gasteiger partial charge in [-0.05, 0) is 36.6 Å². The first-order chi connectivity index (χ1) is 7.99. The summed E-state index contributed by atoms with van der Waals surface area (Å²) in [5.41, 5.74) is 0.0986. The van der Waals surface area contributed by atoms with E-state index in [0.29, 0.717) is 31.0 Å². The molecule has 0 saturated heterocycles. The van der Waals surface area contributed by atoms with Crippen molar-refractivity contribution in [3.05, 3.63) is 34.6 Å². The first kappa shape index (κ1) is 14.4. The zero-order valence-corrected chi connectivity index (χ0v) is 11.0. The number of rotatable bonds is 6. The van der Waals surface area contributed by atoms with E-state index < -0.39 is 5.60 Å². The molecule has 1 aromatic carbocycles. The van der Waals surface area contributed by atoms with E-state index in [1.807, 2.05) is 13.8 Å². The van der Waals surface area contributed by atoms with Gasteiger partial charge in [0.2, 0.25) is 0 Å². The largest absolute Gasteiger partial charge is 0.389 e. The molecule has 0 aliphatic rings. The standard InChI is InChI=1S/C13H19ClFNO/c1-3-13(17,4-2)9-16-8-10-5-11(14)7-12(15)6-10/h5-7,16-17H,3-4,8-9H2,1-2H3. The van der Waals surface area contributed by atoms with Gasteiger partial charge in [-0.1, -0.05) is 25.4 Å². The Morgan fingerprint density at radius 2 is 1.94 bits per heavy atom. The average Bonchev–Trinajstić information content (AvgIpc) is 2.27. The van der Waals surface area contributed by atoms with Crippen LogP contribution in [0.15, 0.2) is 18.2 Å². The Morgan fingerprint density at radius 3 is 2.47 bits per heavy atom. The highest BCUT2D eigenvalue weighted by Gasteiger charge is 2.21. The maximum absolute atomic E-state index is 13.1. The van der Waals surface area contributed by atoms with E-state index >= 15 is 0 Å². The van der Waals surface area contributed by atoms with Crippen LogP contribution in [0.3, 0.4) is 0 Å². The fourth-order valence-corrected chi connectivity index (χ4v) is 1.90. The smallest absolute Gasteiger partial charge is 0.125 e. The van der Waals surface area contributed by atoms with Crippen molar-refractivity contribution in [1.82, 2.24) is 5.32 Å². The Balaban J connectivity index is 2.51. The van der Waals surface area contributed by atoms with E-state index in [-0.39, 0.29) is 5.82 Å². The molecule has 2 N–H and O–H groups in total. The van der Waals surface area contributed by atoms with Gasteiger partial charge < -0.3 is 10.4 Å². The second-order valence-electron chi connectivity index (χ2n) is 4.31. The molecule has 2 nitrogen and oxygen atoms in total. The van der Waals surface area contributed by atoms with Crippen LogP contribution in [-0.4, -0.2) is 17.3 Å². The number of benzene rings is 1. The summed E-state index contributed by atoms with van der Waals surface area (Å²) in [6.45, 7) is 4.89. The predicted molar refractivity (Wildman–Crippen MR) is 68.6 cm³/mol. The molecule has 0 atom stereocenters. The quantitative estimate of drug-likeness (QED) is 0.823. The first-order valence-corrected chi connectivity index (χ1v) is 6.25. The van der Waals surface area contributed by atoms with Crippen LogP contribution in [-0.2, 0) is 6.54 Å². The second kappa shape index (κ2) is 6.34. The van der Waals surface area contributed by atoms with Gasteiger partial charge in [0.25, 0.3) is 0 Å². The lowest BCUT2D eigenvalue weighted by Gasteiger charge is -2.25. The van der Waals surface area contributed by atoms with Gasteiger partial charge in [-0.2, -0.15) is 0 Å². The Labute approximate surface area is 107 Å². The molecule has 0 bridgehead atoms. The Hall–Kier alpha value is -0.640. The molecule has 0 aliphatic carbocycles. The van der Waals surface area contributed by atoms with Crippen LogP contribution >= 0.6 is 11.6 Å². The molecule has 0 unspecified atom stereocenters. The summed E-state index contributed by atoms with van der Waals surface area (Å²) in [4.78, 5) is 0. The molecule has 0 radical (unpaired) electrons. The third-order valence-corrected chi connectivity index (χ3v) is 3.24. The second-order valence-corrected chi connectivity index (χ2v) is 4.75. The zero-order chi connectivity index (χ0) is 12.9. The van der Waals surface area contributed by atoms with Gasteiger partial charge in [-0.15, -0.1) is 0 Å². The normalized spacial score (nSPS) is 11.8. The lowest BCUT2D eigenvalue weighted by atomic mass is 9.97. The minimum atomic E-state index is -0.683. The molecule has 0 heterocycles. The minimum Gasteiger partial charge on any atom is -0.389 e. The third-order valence-electron chi connectivity index (χ3n) is 3.02. The summed E-state index contributed by atoms with van der Waals surface area (Å²) in [6, 6.07) is 4.43. The molecular weight excluding hydrogens is 241 g/mol. The van der Waals surface area contributed by atoms with Crippen LogP contribution in [0.1, 0.15) is 32.3 Å². The fraction of sp³-hybridized carbons (Fsp3) is 0.538. The predicted octanol–water partition coefficient (Wildman–Crippen LogP) is 3.12. The molecule has 1 aromatic rings. The van der Waals surface area contributed by atoms with E-state index in [1.54, 1.807) is 6.07 Å². The number of aliphatic hydroxyl groups is 1. The lowest BCUT2D eigenvalue weighted by molar-refractivity contribution is 0.0323. The van der Waals surface area contributed by atoms with E-state index in [0.717, 1.165) is 5.56 Å². The molecule has 0 fully saturated rings. The van der Waals surface area contributed by atoms with Gasteiger partial charge in [-0.25, -0.2) is 4.39 Å². The molecule has 0 aromatic heterocycles. The van der Waals surface area contributed by atoms with E-state index in [1.165, 1.54) is 12.1 Å². The Morgan fingerprint density at radius 1 is 1.29 bits per heavy atom. The van der Waals surface area contributed by atoms with Crippen LogP contribution in [0.25, 0.3) is 0 Å². The number of nitrogens with one attached hydrogen (secondary N) is 1. The van der Waals surface area contributed by atoms with Gasteiger partial charge >= 0.3 is 0 Å². The maximum Gasteiger partial charge on any atom is 0.125 e. The number of hydrogen-bond donors (Lipinski definition) is 2. The third kappa shape index (κ3) is 4.62. The molecular formula is C13H19ClFNO. The number of hydrogen-bond acceptors (Lipinski definition) is 2. The Bertz CT molecular complexity index is 346. The number of halogens is 2. The molecule has 1 rings (SSSR count). The molecule has 17 heavy (non-hydrogen) atoms. The highest BCUT2D eigenvalue weighted by molar-refractivity contribution is 6.30. The average molecular weight is 260 g/mol. The summed E-state index contributed by atoms with van der Waals surface area (Å²) < 4.78 is 13.1. The Kier molecular flexibility index (Phi) is 5.37. The molecule has 0 saturated carbocycles. The van der Waals surface area contributed by atoms with Crippen molar-refractivity contribution in [3.8, 4) is 0 Å². The van der Waals surface area contributed by atoms with Crippen molar-refractivity contribution in [2.24, 2.45) is 0 Å². The summed E-state index contributed by atoms with van der Waals surface area (Å²) in [5, 5.41) is 13.6. The van der Waals surface area contributed by atoms with Crippen LogP contribution in [0.5, 0.6) is 0 Å². The van der Waals surface area contributed by atoms with Crippen LogP contribution in [0, 0.1) is 5.82 Å². The van der Waals surface area contributed by atoms with Crippen molar-refractivity contribution < 1.29 is 9.50 Å². The lowest BCUT2D eigenvalue weighted by Crippen LogP contribution is -2.39. The zero-order valence-electron chi connectivity index (χ0n) is 10.3. The summed E-state index contributed by atoms with van der Waals surface area (Å²) >= 11 is 5.76. The molecule has 0 aliphatic heterocycles. The summed E-state index contributed by atoms with van der Waals surface area (Å²) in [5.74, 6) is -0.337. The first-order valence-electron chi connectivity index (χ1n) is 5.87. The van der Waals surface area contributed by atoms with E-state index in [4.69, 9.17) is 11.6 Å². The van der Waals surface area contributed by atoms with Gasteiger partial charge in [0, 0.05) is 18.1 Å². The minimum absolute atomic E-state index is 0.337. The van der Waals surface area contributed by atoms with Crippen molar-refractivity contribution in [2.45, 2.75) is 38.8 Å². The van der Waals surface area contributed by atoms with E-state index in [2.05, 4.69) is 5.32 Å². The van der Waals surface area contributed by atoms with Gasteiger partial charge in [0.1, 0.15) is 5.82 Å². The van der Waals surface area contributed by atoms with Crippen LogP contribution in [0.2, 0.25) is 5.02 Å². The maximum atomic E-state index is 13.1. The SMILES string of the molecule is CCC(O)(CC)CNCc1cc(F)cc(Cl)c1. The van der Waals surface area contributed by atoms with Gasteiger partial charge in [0.05, 0.1) is 5.60 Å². The highest BCUT2D eigenvalue weighted by atomic mass is 35.5. The molecule has 4 heteroatoms. The summed E-state index contributed by atoms with van der Waals surface area (Å²) in [7, 11) is 0. The molecule has 0 spiro atoms. The van der Waals surface area contributed by atoms with E-state index in [9.17, 15) is 9.50 Å². The van der Waals surface area contributed by atoms with Crippen molar-refractivity contribution in [1.29, 1.82) is 0 Å². The highest BCUT2D eigenvalue weighted by Crippen LogP contribution is 2.15. The molecule has 0 amide bonds. The van der Waals surface area contributed by atoms with Crippen molar-refractivity contribution >= 4 is 11.6 Å². The summed E-state index contributed by atoms with van der Waals surface area (Å²) in [6.07, 6.45) is 1.39. The topological polar surface area (TPSA) is 32.3 Å². The van der Waals surface area contributed by atoms with Gasteiger partial charge in [-0.3, -0.25) is 0 Å². The van der Waals surface area contributed by atoms with Crippen molar-refractivity contribution in [3.63, 3.8) is 0 Å².